The van der Waals surface area contributed by atoms with Crippen LogP contribution in [0.25, 0.3) is 66.1 Å². The minimum atomic E-state index is 0.873. The van der Waals surface area contributed by atoms with Gasteiger partial charge >= 0.3 is 0 Å². The van der Waals surface area contributed by atoms with Gasteiger partial charge in [-0.1, -0.05) is 170 Å². The average Bonchev–Trinajstić information content (AvgIpc) is 3.73. The van der Waals surface area contributed by atoms with Crippen LogP contribution < -0.4 is 9.80 Å². The predicted octanol–water partition coefficient (Wildman–Crippen LogP) is 16.7. The van der Waals surface area contributed by atoms with E-state index < -0.39 is 0 Å². The topological polar surface area (TPSA) is 19.6 Å². The molecule has 10 aromatic carbocycles. The second-order valence-electron chi connectivity index (χ2n) is 15.3. The van der Waals surface area contributed by atoms with Crippen molar-refractivity contribution in [3.63, 3.8) is 0 Å². The zero-order chi connectivity index (χ0) is 40.5. The summed E-state index contributed by atoms with van der Waals surface area (Å²) < 4.78 is 6.32. The molecule has 0 saturated heterocycles. The lowest BCUT2D eigenvalue weighted by Gasteiger charge is -2.29. The molecule has 0 amide bonds. The van der Waals surface area contributed by atoms with Gasteiger partial charge in [0.05, 0.1) is 16.8 Å². The third-order valence-corrected chi connectivity index (χ3v) is 11.6. The van der Waals surface area contributed by atoms with Gasteiger partial charge in [0.1, 0.15) is 11.2 Å². The van der Waals surface area contributed by atoms with E-state index in [1.807, 2.05) is 12.1 Å². The maximum Gasteiger partial charge on any atom is 0.137 e. The van der Waals surface area contributed by atoms with Crippen LogP contribution in [-0.4, -0.2) is 0 Å². The largest absolute Gasteiger partial charge is 0.456 e. The van der Waals surface area contributed by atoms with Crippen molar-refractivity contribution in [3.8, 4) is 33.4 Å². The Morgan fingerprint density at radius 3 is 1.48 bits per heavy atom. The highest BCUT2D eigenvalue weighted by Crippen LogP contribution is 2.46. The molecule has 61 heavy (non-hydrogen) atoms. The Morgan fingerprint density at radius 1 is 0.279 bits per heavy atom. The van der Waals surface area contributed by atoms with E-state index in [0.717, 1.165) is 78.3 Å². The van der Waals surface area contributed by atoms with E-state index >= 15 is 0 Å². The normalized spacial score (nSPS) is 11.3. The minimum absolute atomic E-state index is 0.873. The quantitative estimate of drug-likeness (QED) is 0.145. The van der Waals surface area contributed by atoms with E-state index in [-0.39, 0.29) is 0 Å². The first-order chi connectivity index (χ1) is 30.3. The van der Waals surface area contributed by atoms with Crippen molar-refractivity contribution in [1.29, 1.82) is 0 Å². The van der Waals surface area contributed by atoms with E-state index in [0.29, 0.717) is 0 Å². The molecule has 0 radical (unpaired) electrons. The van der Waals surface area contributed by atoms with Crippen molar-refractivity contribution in [2.45, 2.75) is 0 Å². The molecule has 0 aliphatic rings. The lowest BCUT2D eigenvalue weighted by molar-refractivity contribution is 0.669. The molecule has 1 heterocycles. The summed E-state index contributed by atoms with van der Waals surface area (Å²) >= 11 is 0. The number of furan rings is 1. The highest BCUT2D eigenvalue weighted by Gasteiger charge is 2.21. The average molecular weight is 781 g/mol. The zero-order valence-corrected chi connectivity index (χ0v) is 33.4. The number of fused-ring (bicyclic) bond motifs is 4. The van der Waals surface area contributed by atoms with Gasteiger partial charge in [0, 0.05) is 33.7 Å². The first-order valence-electron chi connectivity index (χ1n) is 20.8. The second-order valence-corrected chi connectivity index (χ2v) is 15.3. The van der Waals surface area contributed by atoms with Crippen molar-refractivity contribution in [1.82, 2.24) is 0 Å². The van der Waals surface area contributed by atoms with Crippen LogP contribution in [0, 0.1) is 0 Å². The van der Waals surface area contributed by atoms with Gasteiger partial charge in [0.15, 0.2) is 0 Å². The van der Waals surface area contributed by atoms with E-state index in [4.69, 9.17) is 4.42 Å². The maximum atomic E-state index is 6.32. The number of benzene rings is 10. The third-order valence-electron chi connectivity index (χ3n) is 11.6. The molecule has 1 aromatic heterocycles. The van der Waals surface area contributed by atoms with Gasteiger partial charge in [-0.25, -0.2) is 0 Å². The molecule has 0 fully saturated rings. The van der Waals surface area contributed by atoms with E-state index in [1.165, 1.54) is 21.9 Å². The van der Waals surface area contributed by atoms with Crippen LogP contribution in [0.4, 0.5) is 34.1 Å². The van der Waals surface area contributed by atoms with E-state index in [1.54, 1.807) is 0 Å². The van der Waals surface area contributed by atoms with Crippen LogP contribution in [0.5, 0.6) is 0 Å². The summed E-state index contributed by atoms with van der Waals surface area (Å²) in [6.07, 6.45) is 0. The van der Waals surface area contributed by atoms with Crippen LogP contribution in [0.1, 0.15) is 0 Å². The van der Waals surface area contributed by atoms with Gasteiger partial charge < -0.3 is 14.2 Å². The Hall–Kier alpha value is -8.14. The molecule has 0 unspecified atom stereocenters. The molecule has 0 N–H and O–H groups in total. The molecule has 0 spiro atoms. The van der Waals surface area contributed by atoms with Crippen molar-refractivity contribution in [2.75, 3.05) is 9.80 Å². The van der Waals surface area contributed by atoms with E-state index in [2.05, 4.69) is 240 Å². The van der Waals surface area contributed by atoms with Gasteiger partial charge in [-0.05, 0) is 111 Å². The van der Waals surface area contributed by atoms with Gasteiger partial charge in [-0.15, -0.1) is 0 Å². The van der Waals surface area contributed by atoms with Crippen molar-refractivity contribution < 1.29 is 4.42 Å². The molecule has 0 aliphatic carbocycles. The first kappa shape index (κ1) is 36.0. The van der Waals surface area contributed by atoms with Crippen LogP contribution in [-0.2, 0) is 0 Å². The number of hydrogen-bond acceptors (Lipinski definition) is 3. The fourth-order valence-electron chi connectivity index (χ4n) is 8.79. The lowest BCUT2D eigenvalue weighted by Crippen LogP contribution is -2.11. The fourth-order valence-corrected chi connectivity index (χ4v) is 8.79. The second kappa shape index (κ2) is 15.6. The molecule has 0 atom stereocenters. The number of rotatable bonds is 9. The smallest absolute Gasteiger partial charge is 0.137 e. The molecule has 11 aromatic rings. The Balaban J connectivity index is 0.940. The minimum Gasteiger partial charge on any atom is -0.456 e. The Kier molecular flexibility index (Phi) is 9.18. The molecule has 3 nitrogen and oxygen atoms in total. The summed E-state index contributed by atoms with van der Waals surface area (Å²) in [5.74, 6) is 0. The molecule has 288 valence electrons. The monoisotopic (exact) mass is 780 g/mol. The number of nitrogens with zero attached hydrogens (tertiary/aromatic N) is 2. The molecular formula is C58H40N2O. The Labute approximate surface area is 355 Å². The summed E-state index contributed by atoms with van der Waals surface area (Å²) in [5, 5.41) is 4.65. The molecule has 0 aliphatic heterocycles. The summed E-state index contributed by atoms with van der Waals surface area (Å²) in [5.41, 5.74) is 15.4. The highest BCUT2D eigenvalue weighted by atomic mass is 16.3. The van der Waals surface area contributed by atoms with Crippen molar-refractivity contribution >= 4 is 66.8 Å². The number of hydrogen-bond donors (Lipinski definition) is 0. The SMILES string of the molecule is c1ccc(-c2c(N(c3ccccc3)c3ccc(-c4ccc(-c5cccc(N(c6ccccc6)c6cccc7oc8ccccc8c67)c5)cc4)cc3)ccc3ccccc23)cc1. The standard InChI is InChI=1S/C58H40N2O/c1-4-17-45(18-5-1)57-51-25-11-10-16-44(51)36-39-54(57)59(47-20-6-2-7-21-47)49-37-34-42(35-38-49)41-30-32-43(33-31-41)46-19-14-24-50(40-46)60(48-22-8-3-9-23-48)53-27-15-29-56-58(53)52-26-12-13-28-55(52)61-56/h1-40H. The fraction of sp³-hybridized carbons (Fsp3) is 0. The van der Waals surface area contributed by atoms with Gasteiger partial charge in [0.2, 0.25) is 0 Å². The van der Waals surface area contributed by atoms with Gasteiger partial charge in [-0.2, -0.15) is 0 Å². The van der Waals surface area contributed by atoms with Crippen LogP contribution in [0.2, 0.25) is 0 Å². The number of para-hydroxylation sites is 3. The highest BCUT2D eigenvalue weighted by molar-refractivity contribution is 6.13. The molecular weight excluding hydrogens is 741 g/mol. The van der Waals surface area contributed by atoms with Crippen molar-refractivity contribution in [2.24, 2.45) is 0 Å². The van der Waals surface area contributed by atoms with Crippen molar-refractivity contribution in [3.05, 3.63) is 243 Å². The maximum absolute atomic E-state index is 6.32. The van der Waals surface area contributed by atoms with Crippen LogP contribution >= 0.6 is 0 Å². The molecule has 11 rings (SSSR count). The lowest BCUT2D eigenvalue weighted by atomic mass is 9.95. The van der Waals surface area contributed by atoms with Gasteiger partial charge in [-0.3, -0.25) is 0 Å². The Bertz CT molecular complexity index is 3280. The van der Waals surface area contributed by atoms with Crippen LogP contribution in [0.15, 0.2) is 247 Å². The van der Waals surface area contributed by atoms with E-state index in [9.17, 15) is 0 Å². The zero-order valence-electron chi connectivity index (χ0n) is 33.4. The predicted molar refractivity (Wildman–Crippen MR) is 257 cm³/mol. The molecule has 0 saturated carbocycles. The Morgan fingerprint density at radius 2 is 0.770 bits per heavy atom. The van der Waals surface area contributed by atoms with Gasteiger partial charge in [0.25, 0.3) is 0 Å². The molecule has 0 bridgehead atoms. The number of anilines is 6. The summed E-state index contributed by atoms with van der Waals surface area (Å²) in [7, 11) is 0. The summed E-state index contributed by atoms with van der Waals surface area (Å²) in [6, 6.07) is 86.5. The molecule has 3 heteroatoms. The summed E-state index contributed by atoms with van der Waals surface area (Å²) in [4.78, 5) is 4.71. The summed E-state index contributed by atoms with van der Waals surface area (Å²) in [6.45, 7) is 0. The van der Waals surface area contributed by atoms with Crippen LogP contribution in [0.3, 0.4) is 0 Å². The third kappa shape index (κ3) is 6.69. The first-order valence-corrected chi connectivity index (χ1v) is 20.8.